The summed E-state index contributed by atoms with van der Waals surface area (Å²) in [4.78, 5) is 0. The topological polar surface area (TPSA) is 50.1 Å². The lowest BCUT2D eigenvalue weighted by atomic mass is 10.00. The van der Waals surface area contributed by atoms with Crippen LogP contribution in [0.3, 0.4) is 0 Å². The summed E-state index contributed by atoms with van der Waals surface area (Å²) in [5, 5.41) is 17.8. The summed E-state index contributed by atoms with van der Waals surface area (Å²) in [7, 11) is 0. The van der Waals surface area contributed by atoms with Crippen molar-refractivity contribution in [1.29, 1.82) is 0 Å². The van der Waals surface area contributed by atoms with Crippen LogP contribution in [0.25, 0.3) is 0 Å². The number of hydrogen-bond donors (Lipinski definition) is 2. The van der Waals surface area contributed by atoms with E-state index < -0.39 is 5.60 Å². The van der Waals surface area contributed by atoms with Crippen molar-refractivity contribution in [3.05, 3.63) is 18.0 Å². The Morgan fingerprint density at radius 1 is 1.67 bits per heavy atom. The maximum Gasteiger partial charge on any atom is 0.102 e. The highest BCUT2D eigenvalue weighted by atomic mass is 16.3. The van der Waals surface area contributed by atoms with Gasteiger partial charge < -0.3 is 10.4 Å². The van der Waals surface area contributed by atoms with Gasteiger partial charge in [0.15, 0.2) is 0 Å². The molecule has 1 atom stereocenters. The maximum absolute atomic E-state index is 10.3. The molecule has 1 aliphatic carbocycles. The third-order valence-electron chi connectivity index (χ3n) is 2.89. The Labute approximate surface area is 90.3 Å². The molecule has 0 radical (unpaired) electrons. The molecule has 0 amide bonds. The van der Waals surface area contributed by atoms with Gasteiger partial charge in [0.2, 0.25) is 0 Å². The first-order chi connectivity index (χ1) is 7.12. The van der Waals surface area contributed by atoms with Crippen LogP contribution in [0, 0.1) is 0 Å². The van der Waals surface area contributed by atoms with E-state index in [-0.39, 0.29) is 0 Å². The van der Waals surface area contributed by atoms with Gasteiger partial charge in [0.05, 0.1) is 6.20 Å². The maximum atomic E-state index is 10.3. The van der Waals surface area contributed by atoms with E-state index >= 15 is 0 Å². The molecule has 1 aliphatic rings. The van der Waals surface area contributed by atoms with E-state index in [2.05, 4.69) is 10.4 Å². The average Bonchev–Trinajstić information content (AvgIpc) is 2.90. The van der Waals surface area contributed by atoms with Gasteiger partial charge in [-0.15, -0.1) is 0 Å². The Morgan fingerprint density at radius 2 is 2.40 bits per heavy atom. The summed E-state index contributed by atoms with van der Waals surface area (Å²) >= 11 is 0. The molecule has 15 heavy (non-hydrogen) atoms. The Hall–Kier alpha value is -0.870. The van der Waals surface area contributed by atoms with Crippen LogP contribution in [0.15, 0.2) is 12.4 Å². The second-order valence-corrected chi connectivity index (χ2v) is 4.51. The van der Waals surface area contributed by atoms with Crippen LogP contribution >= 0.6 is 0 Å². The van der Waals surface area contributed by atoms with Gasteiger partial charge >= 0.3 is 0 Å². The average molecular weight is 209 g/mol. The van der Waals surface area contributed by atoms with Gasteiger partial charge in [0, 0.05) is 30.9 Å². The minimum Gasteiger partial charge on any atom is -0.384 e. The quantitative estimate of drug-likeness (QED) is 0.756. The van der Waals surface area contributed by atoms with Crippen molar-refractivity contribution >= 4 is 0 Å². The molecule has 4 heteroatoms. The molecule has 1 heterocycles. The number of nitrogens with one attached hydrogen (secondary N) is 1. The Kier molecular flexibility index (Phi) is 2.80. The van der Waals surface area contributed by atoms with E-state index in [4.69, 9.17) is 0 Å². The van der Waals surface area contributed by atoms with Crippen LogP contribution in [-0.4, -0.2) is 27.5 Å². The zero-order chi connectivity index (χ0) is 10.9. The van der Waals surface area contributed by atoms with Crippen molar-refractivity contribution in [2.24, 2.45) is 0 Å². The van der Waals surface area contributed by atoms with Crippen LogP contribution in [0.2, 0.25) is 0 Å². The molecule has 1 fully saturated rings. The summed E-state index contributed by atoms with van der Waals surface area (Å²) in [6.45, 7) is 5.31. The molecule has 0 spiro atoms. The molecule has 0 aromatic carbocycles. The number of hydrogen-bond acceptors (Lipinski definition) is 3. The Bertz CT molecular complexity index is 328. The van der Waals surface area contributed by atoms with Gasteiger partial charge in [-0.05, 0) is 26.7 Å². The first-order valence-electron chi connectivity index (χ1n) is 5.60. The van der Waals surface area contributed by atoms with Crippen LogP contribution in [0.1, 0.15) is 32.3 Å². The number of nitrogens with zero attached hydrogens (tertiary/aromatic N) is 2. The van der Waals surface area contributed by atoms with Crippen molar-refractivity contribution < 1.29 is 5.11 Å². The number of aliphatic hydroxyl groups is 1. The van der Waals surface area contributed by atoms with Crippen molar-refractivity contribution in [2.45, 2.75) is 44.9 Å². The van der Waals surface area contributed by atoms with Crippen molar-refractivity contribution in [1.82, 2.24) is 15.1 Å². The molecular weight excluding hydrogens is 190 g/mol. The lowest BCUT2D eigenvalue weighted by Crippen LogP contribution is -2.36. The number of aromatic nitrogens is 2. The largest absolute Gasteiger partial charge is 0.384 e. The molecular formula is C11H19N3O. The number of rotatable bonds is 5. The second kappa shape index (κ2) is 3.94. The van der Waals surface area contributed by atoms with E-state index in [0.717, 1.165) is 12.1 Å². The lowest BCUT2D eigenvalue weighted by Gasteiger charge is -2.22. The molecule has 0 aliphatic heterocycles. The van der Waals surface area contributed by atoms with E-state index in [1.54, 1.807) is 6.20 Å². The van der Waals surface area contributed by atoms with E-state index in [1.165, 1.54) is 12.8 Å². The predicted molar refractivity (Wildman–Crippen MR) is 58.5 cm³/mol. The SMILES string of the molecule is CCn1cc(C(C)(O)CNC2CC2)cn1. The zero-order valence-electron chi connectivity index (χ0n) is 9.40. The third-order valence-corrected chi connectivity index (χ3v) is 2.89. The predicted octanol–water partition coefficient (Wildman–Crippen LogP) is 0.862. The van der Waals surface area contributed by atoms with Gasteiger partial charge in [-0.1, -0.05) is 0 Å². The highest BCUT2D eigenvalue weighted by Crippen LogP contribution is 2.23. The first-order valence-corrected chi connectivity index (χ1v) is 5.60. The highest BCUT2D eigenvalue weighted by molar-refractivity contribution is 5.14. The summed E-state index contributed by atoms with van der Waals surface area (Å²) in [5.74, 6) is 0. The zero-order valence-corrected chi connectivity index (χ0v) is 9.40. The summed E-state index contributed by atoms with van der Waals surface area (Å²) in [6, 6.07) is 0.623. The fourth-order valence-electron chi connectivity index (χ4n) is 1.55. The fraction of sp³-hybridized carbons (Fsp3) is 0.727. The van der Waals surface area contributed by atoms with E-state index in [0.29, 0.717) is 12.6 Å². The van der Waals surface area contributed by atoms with Gasteiger partial charge in [0.1, 0.15) is 5.60 Å². The molecule has 4 nitrogen and oxygen atoms in total. The van der Waals surface area contributed by atoms with Crippen molar-refractivity contribution in [3.63, 3.8) is 0 Å². The summed E-state index contributed by atoms with van der Waals surface area (Å²) < 4.78 is 1.83. The molecule has 1 aromatic heterocycles. The fourth-order valence-corrected chi connectivity index (χ4v) is 1.55. The first kappa shape index (κ1) is 10.6. The van der Waals surface area contributed by atoms with Gasteiger partial charge in [-0.25, -0.2) is 0 Å². The van der Waals surface area contributed by atoms with Crippen molar-refractivity contribution in [3.8, 4) is 0 Å². The van der Waals surface area contributed by atoms with E-state index in [1.807, 2.05) is 24.7 Å². The molecule has 2 N–H and O–H groups in total. The van der Waals surface area contributed by atoms with Gasteiger partial charge in [-0.2, -0.15) is 5.10 Å². The second-order valence-electron chi connectivity index (χ2n) is 4.51. The lowest BCUT2D eigenvalue weighted by molar-refractivity contribution is 0.0565. The molecule has 2 rings (SSSR count). The molecule has 0 bridgehead atoms. The normalized spacial score (nSPS) is 20.2. The van der Waals surface area contributed by atoms with Crippen LogP contribution in [0.4, 0.5) is 0 Å². The monoisotopic (exact) mass is 209 g/mol. The summed E-state index contributed by atoms with van der Waals surface area (Å²) in [5.41, 5.74) is 0.0771. The molecule has 1 aromatic rings. The van der Waals surface area contributed by atoms with Crippen LogP contribution in [-0.2, 0) is 12.1 Å². The minimum atomic E-state index is -0.810. The summed E-state index contributed by atoms with van der Waals surface area (Å²) in [6.07, 6.45) is 6.14. The number of aryl methyl sites for hydroxylation is 1. The smallest absolute Gasteiger partial charge is 0.102 e. The van der Waals surface area contributed by atoms with Crippen molar-refractivity contribution in [2.75, 3.05) is 6.54 Å². The van der Waals surface area contributed by atoms with Gasteiger partial charge in [0.25, 0.3) is 0 Å². The third kappa shape index (κ3) is 2.58. The molecule has 0 saturated heterocycles. The van der Waals surface area contributed by atoms with Crippen LogP contribution in [0.5, 0.6) is 0 Å². The Morgan fingerprint density at radius 3 is 2.93 bits per heavy atom. The van der Waals surface area contributed by atoms with Gasteiger partial charge in [-0.3, -0.25) is 4.68 Å². The molecule has 84 valence electrons. The van der Waals surface area contributed by atoms with Crippen LogP contribution < -0.4 is 5.32 Å². The highest BCUT2D eigenvalue weighted by Gasteiger charge is 2.28. The standard InChI is InChI=1S/C11H19N3O/c1-3-14-7-9(6-13-14)11(2,15)8-12-10-4-5-10/h6-7,10,12,15H,3-5,8H2,1-2H3. The molecule has 1 unspecified atom stereocenters. The minimum absolute atomic E-state index is 0.604. The molecule has 1 saturated carbocycles. The van der Waals surface area contributed by atoms with E-state index in [9.17, 15) is 5.11 Å². The Balaban J connectivity index is 1.98.